The maximum absolute atomic E-state index is 13.5. The van der Waals surface area contributed by atoms with Crippen molar-refractivity contribution in [2.24, 2.45) is 0 Å². The van der Waals surface area contributed by atoms with Crippen molar-refractivity contribution in [1.82, 2.24) is 20.5 Å². The van der Waals surface area contributed by atoms with E-state index in [0.717, 1.165) is 32.4 Å². The quantitative estimate of drug-likeness (QED) is 0.807. The summed E-state index contributed by atoms with van der Waals surface area (Å²) in [7, 11) is 0. The van der Waals surface area contributed by atoms with Crippen molar-refractivity contribution in [2.75, 3.05) is 50.7 Å². The number of carbonyl (C=O) groups excluding carboxylic acids is 1. The molecule has 0 saturated carbocycles. The van der Waals surface area contributed by atoms with Crippen LogP contribution >= 0.6 is 0 Å². The van der Waals surface area contributed by atoms with Crippen molar-refractivity contribution in [3.05, 3.63) is 23.9 Å². The van der Waals surface area contributed by atoms with E-state index in [0.29, 0.717) is 37.6 Å². The van der Waals surface area contributed by atoms with Crippen molar-refractivity contribution in [2.45, 2.75) is 31.5 Å². The molecule has 27 heavy (non-hydrogen) atoms. The van der Waals surface area contributed by atoms with E-state index in [2.05, 4.69) is 15.6 Å². The number of carbonyl (C=O) groups is 1. The lowest BCUT2D eigenvalue weighted by molar-refractivity contribution is -0.183. The second-order valence-electron chi connectivity index (χ2n) is 6.98. The number of hydrogen-bond donors (Lipinski definition) is 2. The summed E-state index contributed by atoms with van der Waals surface area (Å²) in [4.78, 5) is 20.4. The van der Waals surface area contributed by atoms with E-state index in [1.165, 1.54) is 4.90 Å². The van der Waals surface area contributed by atoms with Crippen molar-refractivity contribution in [3.8, 4) is 0 Å². The molecule has 0 aliphatic carbocycles. The van der Waals surface area contributed by atoms with Crippen LogP contribution in [0.2, 0.25) is 0 Å². The molecule has 1 aromatic heterocycles. The van der Waals surface area contributed by atoms with Gasteiger partial charge in [0.15, 0.2) is 0 Å². The van der Waals surface area contributed by atoms with E-state index in [1.54, 1.807) is 18.3 Å². The van der Waals surface area contributed by atoms with Gasteiger partial charge in [0.25, 0.3) is 5.91 Å². The first-order valence-corrected chi connectivity index (χ1v) is 9.46. The highest BCUT2D eigenvalue weighted by atomic mass is 19.4. The van der Waals surface area contributed by atoms with Crippen molar-refractivity contribution < 1.29 is 18.0 Å². The third-order valence-electron chi connectivity index (χ3n) is 5.11. The second kappa shape index (κ2) is 8.88. The average Bonchev–Trinajstić information content (AvgIpc) is 2.68. The lowest BCUT2D eigenvalue weighted by Crippen LogP contribution is -2.57. The third kappa shape index (κ3) is 5.10. The summed E-state index contributed by atoms with van der Waals surface area (Å²) in [6.45, 7) is 2.81. The first-order valence-electron chi connectivity index (χ1n) is 9.46. The molecule has 1 amide bonds. The van der Waals surface area contributed by atoms with Gasteiger partial charge in [0.05, 0.1) is 5.56 Å². The molecule has 2 aliphatic rings. The molecule has 1 atom stereocenters. The molecule has 2 aliphatic heterocycles. The van der Waals surface area contributed by atoms with Crippen LogP contribution in [0.25, 0.3) is 0 Å². The Bertz CT molecular complexity index is 628. The topological polar surface area (TPSA) is 60.5 Å². The number of rotatable bonds is 5. The molecule has 3 rings (SSSR count). The number of anilines is 1. The van der Waals surface area contributed by atoms with Crippen LogP contribution in [0.4, 0.5) is 19.0 Å². The van der Waals surface area contributed by atoms with Crippen LogP contribution in [0.3, 0.4) is 0 Å². The summed E-state index contributed by atoms with van der Waals surface area (Å²) in [6, 6.07) is 1.58. The van der Waals surface area contributed by atoms with E-state index in [9.17, 15) is 18.0 Å². The summed E-state index contributed by atoms with van der Waals surface area (Å²) < 4.78 is 40.5. The Morgan fingerprint density at radius 3 is 2.56 bits per heavy atom. The lowest BCUT2D eigenvalue weighted by Gasteiger charge is -2.36. The number of nitrogens with one attached hydrogen (secondary N) is 2. The normalized spacial score (nSPS) is 20.3. The molecule has 9 heteroatoms. The van der Waals surface area contributed by atoms with Crippen LogP contribution < -0.4 is 15.5 Å². The molecule has 0 radical (unpaired) electrons. The summed E-state index contributed by atoms with van der Waals surface area (Å²) >= 11 is 0. The molecular weight excluding hydrogens is 359 g/mol. The standard InChI is InChI=1S/C18H26F3N5O/c19-18(20,21)15(25-11-7-22-8-12-25)13-24-17(27)14-5-4-6-23-16(14)26-9-2-1-3-10-26/h4-6,15,22H,1-3,7-13H2,(H,24,27). The monoisotopic (exact) mass is 385 g/mol. The van der Waals surface area contributed by atoms with Gasteiger partial charge in [-0.2, -0.15) is 13.2 Å². The molecule has 0 spiro atoms. The summed E-state index contributed by atoms with van der Waals surface area (Å²) in [5, 5.41) is 5.54. The highest BCUT2D eigenvalue weighted by Crippen LogP contribution is 2.25. The third-order valence-corrected chi connectivity index (χ3v) is 5.11. The predicted molar refractivity (Wildman–Crippen MR) is 96.9 cm³/mol. The highest BCUT2D eigenvalue weighted by Gasteiger charge is 2.44. The Labute approximate surface area is 157 Å². The predicted octanol–water partition coefficient (Wildman–Crippen LogP) is 1.64. The Hall–Kier alpha value is -1.87. The minimum atomic E-state index is -4.39. The number of alkyl halides is 3. The maximum atomic E-state index is 13.5. The second-order valence-corrected chi connectivity index (χ2v) is 6.98. The average molecular weight is 385 g/mol. The molecule has 150 valence electrons. The first kappa shape index (κ1) is 19.9. The van der Waals surface area contributed by atoms with Gasteiger partial charge in [0.2, 0.25) is 0 Å². The van der Waals surface area contributed by atoms with Gasteiger partial charge < -0.3 is 15.5 Å². The Morgan fingerprint density at radius 1 is 1.19 bits per heavy atom. The van der Waals surface area contributed by atoms with Gasteiger partial charge in [-0.05, 0) is 31.4 Å². The fourth-order valence-corrected chi connectivity index (χ4v) is 3.66. The Morgan fingerprint density at radius 2 is 1.89 bits per heavy atom. The van der Waals surface area contributed by atoms with Crippen molar-refractivity contribution >= 4 is 11.7 Å². The molecule has 0 bridgehead atoms. The SMILES string of the molecule is O=C(NCC(N1CCNCC1)C(F)(F)F)c1cccnc1N1CCCCC1. The van der Waals surface area contributed by atoms with E-state index < -0.39 is 24.7 Å². The smallest absolute Gasteiger partial charge is 0.356 e. The number of piperazine rings is 1. The van der Waals surface area contributed by atoms with Gasteiger partial charge in [0, 0.05) is 52.0 Å². The van der Waals surface area contributed by atoms with Gasteiger partial charge in [-0.1, -0.05) is 0 Å². The zero-order valence-electron chi connectivity index (χ0n) is 15.3. The number of aromatic nitrogens is 1. The number of amides is 1. The largest absolute Gasteiger partial charge is 0.405 e. The van der Waals surface area contributed by atoms with Crippen LogP contribution in [0, 0.1) is 0 Å². The van der Waals surface area contributed by atoms with Gasteiger partial charge in [0.1, 0.15) is 11.9 Å². The number of hydrogen-bond acceptors (Lipinski definition) is 5. The summed E-state index contributed by atoms with van der Waals surface area (Å²) in [5.74, 6) is 0.0495. The molecule has 3 heterocycles. The van der Waals surface area contributed by atoms with Crippen LogP contribution in [0.1, 0.15) is 29.6 Å². The van der Waals surface area contributed by atoms with E-state index in [1.807, 2.05) is 4.90 Å². The highest BCUT2D eigenvalue weighted by molar-refractivity contribution is 5.98. The van der Waals surface area contributed by atoms with Gasteiger partial charge in [-0.25, -0.2) is 4.98 Å². The molecule has 2 saturated heterocycles. The Balaban J connectivity index is 1.69. The molecule has 6 nitrogen and oxygen atoms in total. The number of pyridine rings is 1. The molecule has 2 N–H and O–H groups in total. The summed E-state index contributed by atoms with van der Waals surface area (Å²) in [5.41, 5.74) is 0.334. The molecule has 0 aromatic carbocycles. The van der Waals surface area contributed by atoms with Crippen LogP contribution in [0.15, 0.2) is 18.3 Å². The number of piperidine rings is 1. The first-order chi connectivity index (χ1) is 13.0. The fourth-order valence-electron chi connectivity index (χ4n) is 3.66. The minimum absolute atomic E-state index is 0.311. The van der Waals surface area contributed by atoms with E-state index >= 15 is 0 Å². The molecule has 2 fully saturated rings. The molecule has 1 aromatic rings. The van der Waals surface area contributed by atoms with Crippen LogP contribution in [0.5, 0.6) is 0 Å². The molecule has 1 unspecified atom stereocenters. The van der Waals surface area contributed by atoms with Crippen LogP contribution in [-0.4, -0.2) is 73.8 Å². The van der Waals surface area contributed by atoms with Gasteiger partial charge in [-0.3, -0.25) is 9.69 Å². The van der Waals surface area contributed by atoms with Crippen molar-refractivity contribution in [1.29, 1.82) is 0 Å². The van der Waals surface area contributed by atoms with Crippen LogP contribution in [-0.2, 0) is 0 Å². The minimum Gasteiger partial charge on any atom is -0.356 e. The van der Waals surface area contributed by atoms with Gasteiger partial charge >= 0.3 is 6.18 Å². The van der Waals surface area contributed by atoms with E-state index in [4.69, 9.17) is 0 Å². The zero-order valence-corrected chi connectivity index (χ0v) is 15.3. The maximum Gasteiger partial charge on any atom is 0.405 e. The zero-order chi connectivity index (χ0) is 19.3. The number of halogens is 3. The lowest BCUT2D eigenvalue weighted by atomic mass is 10.1. The van der Waals surface area contributed by atoms with Gasteiger partial charge in [-0.15, -0.1) is 0 Å². The number of nitrogens with zero attached hydrogens (tertiary/aromatic N) is 3. The summed E-state index contributed by atoms with van der Waals surface area (Å²) in [6.07, 6.45) is 0.408. The van der Waals surface area contributed by atoms with E-state index in [-0.39, 0.29) is 0 Å². The molecular formula is C18H26F3N5O. The van der Waals surface area contributed by atoms with Crippen molar-refractivity contribution in [3.63, 3.8) is 0 Å². The fraction of sp³-hybridized carbons (Fsp3) is 0.667. The Kier molecular flexibility index (Phi) is 6.54.